The molecule has 1 rings (SSSR count). The van der Waals surface area contributed by atoms with Gasteiger partial charge in [0.15, 0.2) is 0 Å². The predicted octanol–water partition coefficient (Wildman–Crippen LogP) is 3.37. The van der Waals surface area contributed by atoms with E-state index < -0.39 is 29.0 Å². The van der Waals surface area contributed by atoms with Crippen molar-refractivity contribution in [3.05, 3.63) is 35.1 Å². The lowest BCUT2D eigenvalue weighted by molar-refractivity contribution is -0.140. The largest absolute Gasteiger partial charge is 0.419 e. The highest BCUT2D eigenvalue weighted by Gasteiger charge is 2.35. The lowest BCUT2D eigenvalue weighted by atomic mass is 10.1. The highest BCUT2D eigenvalue weighted by atomic mass is 79.9. The first-order valence-corrected chi connectivity index (χ1v) is 6.95. The summed E-state index contributed by atoms with van der Waals surface area (Å²) in [5.41, 5.74) is -2.07. The van der Waals surface area contributed by atoms with Gasteiger partial charge >= 0.3 is 6.18 Å². The summed E-state index contributed by atoms with van der Waals surface area (Å²) in [6.07, 6.45) is -4.33. The van der Waals surface area contributed by atoms with E-state index in [1.54, 1.807) is 0 Å². The number of rotatable bonds is 6. The maximum atomic E-state index is 13.7. The van der Waals surface area contributed by atoms with Crippen LogP contribution >= 0.6 is 15.9 Å². The minimum absolute atomic E-state index is 0.00541. The summed E-state index contributed by atoms with van der Waals surface area (Å²) in [6, 6.07) is 2.61. The van der Waals surface area contributed by atoms with Gasteiger partial charge in [-0.05, 0) is 18.6 Å². The van der Waals surface area contributed by atoms with Crippen molar-refractivity contribution in [2.24, 2.45) is 0 Å². The van der Waals surface area contributed by atoms with E-state index >= 15 is 0 Å². The molecule has 0 aliphatic carbocycles. The van der Waals surface area contributed by atoms with Crippen LogP contribution < -0.4 is 5.32 Å². The third kappa shape index (κ3) is 5.28. The van der Waals surface area contributed by atoms with Gasteiger partial charge in [0.1, 0.15) is 5.82 Å². The Kier molecular flexibility index (Phi) is 6.60. The number of carbonyl (C=O) groups excluding carboxylic acids is 1. The summed E-state index contributed by atoms with van der Waals surface area (Å²) in [5.74, 6) is -2.44. The molecule has 8 heteroatoms. The van der Waals surface area contributed by atoms with Gasteiger partial charge in [-0.3, -0.25) is 4.79 Å². The van der Waals surface area contributed by atoms with Crippen molar-refractivity contribution < 1.29 is 27.1 Å². The standard InChI is InChI=1S/C13H14BrF4NO2/c1-21-7-8(14)5-6-19-12(20)9-3-2-4-10(11(9)15)13(16,17)18/h2-4,8H,5-7H2,1H3,(H,19,20). The number of alkyl halides is 4. The molecule has 1 aromatic rings. The normalized spacial score (nSPS) is 13.0. The van der Waals surface area contributed by atoms with Crippen LogP contribution in [0.2, 0.25) is 0 Å². The fraction of sp³-hybridized carbons (Fsp3) is 0.462. The molecule has 0 saturated carbocycles. The van der Waals surface area contributed by atoms with E-state index in [1.807, 2.05) is 0 Å². The minimum atomic E-state index is -4.83. The fourth-order valence-electron chi connectivity index (χ4n) is 1.63. The van der Waals surface area contributed by atoms with E-state index in [0.29, 0.717) is 19.1 Å². The zero-order valence-electron chi connectivity index (χ0n) is 11.1. The number of hydrogen-bond donors (Lipinski definition) is 1. The first-order valence-electron chi connectivity index (χ1n) is 6.04. The zero-order chi connectivity index (χ0) is 16.0. The smallest absolute Gasteiger partial charge is 0.384 e. The Morgan fingerprint density at radius 2 is 2.10 bits per heavy atom. The molecule has 0 saturated heterocycles. The average Bonchev–Trinajstić information content (AvgIpc) is 2.37. The Hall–Kier alpha value is -1.15. The van der Waals surface area contributed by atoms with Crippen LogP contribution in [0.25, 0.3) is 0 Å². The number of amides is 1. The van der Waals surface area contributed by atoms with E-state index in [2.05, 4.69) is 21.2 Å². The molecule has 1 atom stereocenters. The Morgan fingerprint density at radius 3 is 2.67 bits per heavy atom. The number of carbonyl (C=O) groups is 1. The second kappa shape index (κ2) is 7.74. The molecule has 0 radical (unpaired) electrons. The van der Waals surface area contributed by atoms with E-state index in [4.69, 9.17) is 4.74 Å². The van der Waals surface area contributed by atoms with Crippen molar-refractivity contribution >= 4 is 21.8 Å². The van der Waals surface area contributed by atoms with Gasteiger partial charge in [-0.15, -0.1) is 0 Å². The van der Waals surface area contributed by atoms with Crippen molar-refractivity contribution in [1.82, 2.24) is 5.32 Å². The molecular weight excluding hydrogens is 358 g/mol. The third-order valence-corrected chi connectivity index (χ3v) is 3.36. The minimum Gasteiger partial charge on any atom is -0.384 e. The van der Waals surface area contributed by atoms with Crippen molar-refractivity contribution in [2.45, 2.75) is 17.4 Å². The van der Waals surface area contributed by atoms with Crippen LogP contribution in [0.1, 0.15) is 22.3 Å². The van der Waals surface area contributed by atoms with Crippen LogP contribution in [0.5, 0.6) is 0 Å². The molecule has 0 aliphatic heterocycles. The number of benzene rings is 1. The van der Waals surface area contributed by atoms with Gasteiger partial charge in [0.2, 0.25) is 0 Å². The molecule has 0 fully saturated rings. The van der Waals surface area contributed by atoms with Gasteiger partial charge in [0, 0.05) is 18.5 Å². The molecule has 0 heterocycles. The molecule has 118 valence electrons. The van der Waals surface area contributed by atoms with Crippen molar-refractivity contribution in [2.75, 3.05) is 20.3 Å². The monoisotopic (exact) mass is 371 g/mol. The molecule has 1 aromatic carbocycles. The molecule has 0 aliphatic rings. The third-order valence-electron chi connectivity index (χ3n) is 2.64. The Labute approximate surface area is 127 Å². The molecule has 3 nitrogen and oxygen atoms in total. The van der Waals surface area contributed by atoms with Gasteiger partial charge in [-0.1, -0.05) is 22.0 Å². The molecule has 1 amide bonds. The highest BCUT2D eigenvalue weighted by molar-refractivity contribution is 9.09. The van der Waals surface area contributed by atoms with Gasteiger partial charge < -0.3 is 10.1 Å². The van der Waals surface area contributed by atoms with Crippen LogP contribution in [0, 0.1) is 5.82 Å². The van der Waals surface area contributed by atoms with E-state index in [9.17, 15) is 22.4 Å². The van der Waals surface area contributed by atoms with Gasteiger partial charge in [-0.25, -0.2) is 4.39 Å². The summed E-state index contributed by atoms with van der Waals surface area (Å²) in [5, 5.41) is 2.38. The van der Waals surface area contributed by atoms with E-state index in [1.165, 1.54) is 7.11 Å². The van der Waals surface area contributed by atoms with E-state index in [0.717, 1.165) is 12.1 Å². The fourth-order valence-corrected chi connectivity index (χ4v) is 2.12. The van der Waals surface area contributed by atoms with Crippen LogP contribution in [0.15, 0.2) is 18.2 Å². The molecular formula is C13H14BrF4NO2. The van der Waals surface area contributed by atoms with Crippen LogP contribution in [0.4, 0.5) is 17.6 Å². The summed E-state index contributed by atoms with van der Waals surface area (Å²) >= 11 is 3.30. The highest BCUT2D eigenvalue weighted by Crippen LogP contribution is 2.32. The SMILES string of the molecule is COCC(Br)CCNC(=O)c1cccc(C(F)(F)F)c1F. The second-order valence-corrected chi connectivity index (χ2v) is 5.56. The van der Waals surface area contributed by atoms with Crippen LogP contribution in [-0.4, -0.2) is 31.0 Å². The Bertz CT molecular complexity index is 494. The quantitative estimate of drug-likeness (QED) is 0.614. The number of methoxy groups -OCH3 is 1. The maximum Gasteiger partial charge on any atom is 0.419 e. The first kappa shape index (κ1) is 17.9. The number of halogens is 5. The number of hydrogen-bond acceptors (Lipinski definition) is 2. The molecule has 0 spiro atoms. The van der Waals surface area contributed by atoms with Gasteiger partial charge in [-0.2, -0.15) is 13.2 Å². The molecule has 0 aromatic heterocycles. The topological polar surface area (TPSA) is 38.3 Å². The molecule has 21 heavy (non-hydrogen) atoms. The van der Waals surface area contributed by atoms with Gasteiger partial charge in [0.25, 0.3) is 5.91 Å². The molecule has 0 bridgehead atoms. The Morgan fingerprint density at radius 1 is 1.43 bits per heavy atom. The van der Waals surface area contributed by atoms with Gasteiger partial charge in [0.05, 0.1) is 17.7 Å². The van der Waals surface area contributed by atoms with Crippen molar-refractivity contribution in [3.63, 3.8) is 0 Å². The number of ether oxygens (including phenoxy) is 1. The van der Waals surface area contributed by atoms with Crippen molar-refractivity contribution in [1.29, 1.82) is 0 Å². The first-order chi connectivity index (χ1) is 9.77. The summed E-state index contributed by atoms with van der Waals surface area (Å²) in [6.45, 7) is 0.613. The Balaban J connectivity index is 2.71. The van der Waals surface area contributed by atoms with Crippen LogP contribution in [-0.2, 0) is 10.9 Å². The summed E-state index contributed by atoms with van der Waals surface area (Å²) in [4.78, 5) is 11.7. The molecule has 1 N–H and O–H groups in total. The summed E-state index contributed by atoms with van der Waals surface area (Å²) < 4.78 is 56.2. The average molecular weight is 372 g/mol. The van der Waals surface area contributed by atoms with Crippen molar-refractivity contribution in [3.8, 4) is 0 Å². The second-order valence-electron chi connectivity index (χ2n) is 4.26. The maximum absolute atomic E-state index is 13.7. The summed E-state index contributed by atoms with van der Waals surface area (Å²) in [7, 11) is 1.52. The van der Waals surface area contributed by atoms with E-state index in [-0.39, 0.29) is 11.4 Å². The lowest BCUT2D eigenvalue weighted by Crippen LogP contribution is -2.28. The predicted molar refractivity (Wildman–Crippen MR) is 72.9 cm³/mol. The lowest BCUT2D eigenvalue weighted by Gasteiger charge is -2.12. The number of nitrogens with one attached hydrogen (secondary N) is 1. The van der Waals surface area contributed by atoms with Crippen LogP contribution in [0.3, 0.4) is 0 Å². The zero-order valence-corrected chi connectivity index (χ0v) is 12.7. The molecule has 1 unspecified atom stereocenters.